The van der Waals surface area contributed by atoms with E-state index in [0.717, 1.165) is 39.1 Å². The summed E-state index contributed by atoms with van der Waals surface area (Å²) < 4.78 is 5.52. The van der Waals surface area contributed by atoms with Gasteiger partial charge in [-0.15, -0.1) is 0 Å². The van der Waals surface area contributed by atoms with Crippen LogP contribution >= 0.6 is 0 Å². The molecule has 2 aliphatic rings. The Morgan fingerprint density at radius 3 is 3.00 bits per heavy atom. The second-order valence-corrected chi connectivity index (χ2v) is 5.88. The molecule has 0 aromatic heterocycles. The van der Waals surface area contributed by atoms with Gasteiger partial charge in [-0.1, -0.05) is 6.92 Å². The number of morpholine rings is 1. The van der Waals surface area contributed by atoms with Gasteiger partial charge in [0.05, 0.1) is 19.8 Å². The second-order valence-electron chi connectivity index (χ2n) is 5.88. The first kappa shape index (κ1) is 14.3. The molecular formula is C14H28N2O2. The van der Waals surface area contributed by atoms with E-state index in [4.69, 9.17) is 4.74 Å². The van der Waals surface area contributed by atoms with Crippen LogP contribution in [0.5, 0.6) is 0 Å². The summed E-state index contributed by atoms with van der Waals surface area (Å²) in [6.07, 6.45) is 4.65. The summed E-state index contributed by atoms with van der Waals surface area (Å²) in [5, 5.41) is 13.3. The lowest BCUT2D eigenvalue weighted by Gasteiger charge is -2.47. The zero-order valence-corrected chi connectivity index (χ0v) is 11.8. The predicted molar refractivity (Wildman–Crippen MR) is 72.7 cm³/mol. The zero-order valence-electron chi connectivity index (χ0n) is 11.8. The molecule has 0 aromatic carbocycles. The highest BCUT2D eigenvalue weighted by Gasteiger charge is 2.38. The van der Waals surface area contributed by atoms with Crippen LogP contribution in [-0.2, 0) is 4.74 Å². The van der Waals surface area contributed by atoms with Crippen molar-refractivity contribution in [2.24, 2.45) is 0 Å². The predicted octanol–water partition coefficient (Wildman–Crippen LogP) is 0.990. The SMILES string of the molecule is CCNC1(CO)CCCC(N2CCOCC2C)C1. The van der Waals surface area contributed by atoms with Crippen LogP contribution in [0.2, 0.25) is 0 Å². The van der Waals surface area contributed by atoms with Gasteiger partial charge in [-0.2, -0.15) is 0 Å². The Bertz CT molecular complexity index is 258. The van der Waals surface area contributed by atoms with Crippen LogP contribution in [0, 0.1) is 0 Å². The number of aliphatic hydroxyl groups is 1. The average molecular weight is 256 g/mol. The number of ether oxygens (including phenoxy) is 1. The van der Waals surface area contributed by atoms with E-state index in [1.165, 1.54) is 12.8 Å². The highest BCUT2D eigenvalue weighted by atomic mass is 16.5. The second kappa shape index (κ2) is 6.33. The van der Waals surface area contributed by atoms with Crippen molar-refractivity contribution in [3.8, 4) is 0 Å². The molecule has 1 heterocycles. The molecule has 0 spiro atoms. The van der Waals surface area contributed by atoms with Crippen molar-refractivity contribution in [3.63, 3.8) is 0 Å². The van der Waals surface area contributed by atoms with Crippen LogP contribution in [0.25, 0.3) is 0 Å². The Kier molecular flexibility index (Phi) is 5.01. The molecule has 0 radical (unpaired) electrons. The zero-order chi connectivity index (χ0) is 13.0. The molecule has 2 rings (SSSR count). The Morgan fingerprint density at radius 2 is 2.33 bits per heavy atom. The number of rotatable bonds is 4. The van der Waals surface area contributed by atoms with Gasteiger partial charge < -0.3 is 15.2 Å². The van der Waals surface area contributed by atoms with Crippen LogP contribution in [0.15, 0.2) is 0 Å². The molecule has 1 aliphatic heterocycles. The molecule has 4 heteroatoms. The quantitative estimate of drug-likeness (QED) is 0.787. The third-order valence-electron chi connectivity index (χ3n) is 4.56. The highest BCUT2D eigenvalue weighted by molar-refractivity contribution is 4.97. The first-order valence-corrected chi connectivity index (χ1v) is 7.40. The molecule has 4 nitrogen and oxygen atoms in total. The van der Waals surface area contributed by atoms with Crippen molar-refractivity contribution in [2.75, 3.05) is 32.9 Å². The van der Waals surface area contributed by atoms with Crippen molar-refractivity contribution in [1.82, 2.24) is 10.2 Å². The minimum Gasteiger partial charge on any atom is -0.394 e. The molecule has 2 fully saturated rings. The standard InChI is InChI=1S/C14H28N2O2/c1-3-15-14(11-17)6-4-5-13(9-14)16-7-8-18-10-12(16)2/h12-13,15,17H,3-11H2,1-2H3. The molecule has 2 N–H and O–H groups in total. The maximum atomic E-state index is 9.75. The van der Waals surface area contributed by atoms with Crippen molar-refractivity contribution >= 4 is 0 Å². The van der Waals surface area contributed by atoms with Crippen LogP contribution in [0.4, 0.5) is 0 Å². The summed E-state index contributed by atoms with van der Waals surface area (Å²) in [7, 11) is 0. The normalized spacial score (nSPS) is 38.8. The minimum atomic E-state index is -0.0459. The van der Waals surface area contributed by atoms with Crippen LogP contribution in [0.1, 0.15) is 39.5 Å². The fraction of sp³-hybridized carbons (Fsp3) is 1.00. The lowest BCUT2D eigenvalue weighted by molar-refractivity contribution is -0.0427. The molecule has 106 valence electrons. The van der Waals surface area contributed by atoms with Gasteiger partial charge in [0, 0.05) is 24.2 Å². The van der Waals surface area contributed by atoms with Gasteiger partial charge in [0.1, 0.15) is 0 Å². The monoisotopic (exact) mass is 256 g/mol. The molecule has 3 atom stereocenters. The molecule has 3 unspecified atom stereocenters. The number of aliphatic hydroxyl groups excluding tert-OH is 1. The molecule has 18 heavy (non-hydrogen) atoms. The van der Waals surface area contributed by atoms with E-state index in [-0.39, 0.29) is 12.1 Å². The highest BCUT2D eigenvalue weighted by Crippen LogP contribution is 2.32. The molecule has 0 amide bonds. The van der Waals surface area contributed by atoms with Gasteiger partial charge in [-0.25, -0.2) is 0 Å². The molecule has 0 bridgehead atoms. The van der Waals surface area contributed by atoms with E-state index in [1.54, 1.807) is 0 Å². The number of nitrogens with zero attached hydrogens (tertiary/aromatic N) is 1. The topological polar surface area (TPSA) is 44.7 Å². The van der Waals surface area contributed by atoms with Crippen molar-refractivity contribution in [1.29, 1.82) is 0 Å². The largest absolute Gasteiger partial charge is 0.394 e. The summed E-state index contributed by atoms with van der Waals surface area (Å²) in [6, 6.07) is 1.11. The van der Waals surface area contributed by atoms with Gasteiger partial charge in [0.25, 0.3) is 0 Å². The number of hydrogen-bond donors (Lipinski definition) is 2. The van der Waals surface area contributed by atoms with E-state index in [2.05, 4.69) is 24.1 Å². The lowest BCUT2D eigenvalue weighted by atomic mass is 9.78. The first-order chi connectivity index (χ1) is 8.71. The van der Waals surface area contributed by atoms with E-state index in [9.17, 15) is 5.11 Å². The lowest BCUT2D eigenvalue weighted by Crippen LogP contribution is -2.58. The van der Waals surface area contributed by atoms with Crippen molar-refractivity contribution in [3.05, 3.63) is 0 Å². The van der Waals surface area contributed by atoms with Crippen molar-refractivity contribution < 1.29 is 9.84 Å². The first-order valence-electron chi connectivity index (χ1n) is 7.40. The van der Waals surface area contributed by atoms with E-state index in [0.29, 0.717) is 12.1 Å². The molecule has 1 saturated carbocycles. The number of hydrogen-bond acceptors (Lipinski definition) is 4. The molecule has 1 saturated heterocycles. The van der Waals surface area contributed by atoms with Gasteiger partial charge in [0.2, 0.25) is 0 Å². The maximum Gasteiger partial charge on any atom is 0.0619 e. The molecular weight excluding hydrogens is 228 g/mol. The van der Waals surface area contributed by atoms with Gasteiger partial charge in [-0.3, -0.25) is 4.90 Å². The van der Waals surface area contributed by atoms with Crippen LogP contribution < -0.4 is 5.32 Å². The Morgan fingerprint density at radius 1 is 1.50 bits per heavy atom. The van der Waals surface area contributed by atoms with Crippen molar-refractivity contribution in [2.45, 2.75) is 57.2 Å². The summed E-state index contributed by atoms with van der Waals surface area (Å²) in [4.78, 5) is 2.59. The van der Waals surface area contributed by atoms with Gasteiger partial charge in [-0.05, 0) is 39.2 Å². The fourth-order valence-electron chi connectivity index (χ4n) is 3.63. The Labute approximate surface area is 111 Å². The summed E-state index contributed by atoms with van der Waals surface area (Å²) in [5.74, 6) is 0. The van der Waals surface area contributed by atoms with Crippen LogP contribution in [-0.4, -0.2) is 60.5 Å². The smallest absolute Gasteiger partial charge is 0.0619 e. The summed E-state index contributed by atoms with van der Waals surface area (Å²) in [5.41, 5.74) is -0.0459. The van der Waals surface area contributed by atoms with Gasteiger partial charge in [0.15, 0.2) is 0 Å². The Balaban J connectivity index is 2.00. The third-order valence-corrected chi connectivity index (χ3v) is 4.56. The van der Waals surface area contributed by atoms with E-state index < -0.39 is 0 Å². The average Bonchev–Trinajstić information content (AvgIpc) is 2.40. The van der Waals surface area contributed by atoms with E-state index in [1.807, 2.05) is 0 Å². The van der Waals surface area contributed by atoms with Crippen LogP contribution in [0.3, 0.4) is 0 Å². The fourth-order valence-corrected chi connectivity index (χ4v) is 3.63. The third kappa shape index (κ3) is 3.05. The van der Waals surface area contributed by atoms with E-state index >= 15 is 0 Å². The van der Waals surface area contributed by atoms with Gasteiger partial charge >= 0.3 is 0 Å². The maximum absolute atomic E-state index is 9.75. The summed E-state index contributed by atoms with van der Waals surface area (Å²) >= 11 is 0. The summed E-state index contributed by atoms with van der Waals surface area (Å²) in [6.45, 7) is 8.32. The molecule has 0 aromatic rings. The minimum absolute atomic E-state index is 0.0459. The molecule has 1 aliphatic carbocycles. The number of nitrogens with one attached hydrogen (secondary N) is 1. The Hall–Kier alpha value is -0.160. The number of likely N-dealkylation sites (N-methyl/N-ethyl adjacent to an activating group) is 1.